The predicted molar refractivity (Wildman–Crippen MR) is 103 cm³/mol. The normalized spacial score (nSPS) is 12.4. The van der Waals surface area contributed by atoms with Crippen LogP contribution in [0.4, 0.5) is 4.39 Å². The standard InChI is InChI=1S/C20H21FN2O2S/c1-6-16(19-22-9-10-26-19)23-18(17(12(2)3)20(24)25-5)15-8-7-14(21)11-13(15)4/h6-11,18H,1H2,2-5H3/t18-/m0/s1. The number of rotatable bonds is 6. The summed E-state index contributed by atoms with van der Waals surface area (Å²) in [5, 5.41) is 2.54. The van der Waals surface area contributed by atoms with Crippen LogP contribution in [0.5, 0.6) is 0 Å². The quantitative estimate of drug-likeness (QED) is 0.415. The summed E-state index contributed by atoms with van der Waals surface area (Å²) in [6, 6.07) is 3.79. The highest BCUT2D eigenvalue weighted by Gasteiger charge is 2.26. The number of esters is 1. The lowest BCUT2D eigenvalue weighted by Gasteiger charge is -2.20. The minimum atomic E-state index is -0.648. The van der Waals surface area contributed by atoms with Crippen LogP contribution in [-0.4, -0.2) is 23.8 Å². The van der Waals surface area contributed by atoms with Crippen LogP contribution in [0.25, 0.3) is 0 Å². The Kier molecular flexibility index (Phi) is 6.58. The number of hydrogen-bond acceptors (Lipinski definition) is 5. The van der Waals surface area contributed by atoms with E-state index in [1.807, 2.05) is 19.2 Å². The van der Waals surface area contributed by atoms with Crippen molar-refractivity contribution in [3.8, 4) is 0 Å². The molecule has 2 aromatic rings. The van der Waals surface area contributed by atoms with E-state index in [0.29, 0.717) is 21.9 Å². The largest absolute Gasteiger partial charge is 0.466 e. The van der Waals surface area contributed by atoms with Crippen molar-refractivity contribution in [2.75, 3.05) is 7.11 Å². The van der Waals surface area contributed by atoms with Gasteiger partial charge in [0.25, 0.3) is 0 Å². The second kappa shape index (κ2) is 8.67. The molecule has 0 radical (unpaired) electrons. The number of aliphatic imine (C=N–C) groups is 1. The van der Waals surface area contributed by atoms with Crippen molar-refractivity contribution in [3.63, 3.8) is 0 Å². The summed E-state index contributed by atoms with van der Waals surface area (Å²) in [6.07, 6.45) is 3.28. The molecule has 0 bridgehead atoms. The number of allylic oxidation sites excluding steroid dienone is 2. The second-order valence-electron chi connectivity index (χ2n) is 5.86. The maximum absolute atomic E-state index is 13.6. The molecule has 4 nitrogen and oxygen atoms in total. The van der Waals surface area contributed by atoms with Crippen molar-refractivity contribution >= 4 is 23.0 Å². The Bertz CT molecular complexity index is 866. The van der Waals surface area contributed by atoms with E-state index < -0.39 is 12.0 Å². The number of carbonyl (C=O) groups excluding carboxylic acids is 1. The van der Waals surface area contributed by atoms with E-state index in [2.05, 4.69) is 11.6 Å². The molecule has 26 heavy (non-hydrogen) atoms. The maximum atomic E-state index is 13.6. The van der Waals surface area contributed by atoms with Crippen LogP contribution in [0.3, 0.4) is 0 Å². The van der Waals surface area contributed by atoms with Gasteiger partial charge < -0.3 is 4.74 Å². The molecule has 0 fully saturated rings. The lowest BCUT2D eigenvalue weighted by molar-refractivity contribution is -0.136. The fourth-order valence-corrected chi connectivity index (χ4v) is 3.25. The van der Waals surface area contributed by atoms with E-state index in [9.17, 15) is 9.18 Å². The summed E-state index contributed by atoms with van der Waals surface area (Å²) >= 11 is 1.43. The molecule has 0 saturated heterocycles. The van der Waals surface area contributed by atoms with Gasteiger partial charge in [0, 0.05) is 11.6 Å². The summed E-state index contributed by atoms with van der Waals surface area (Å²) in [4.78, 5) is 21.5. The zero-order valence-electron chi connectivity index (χ0n) is 15.2. The van der Waals surface area contributed by atoms with Gasteiger partial charge in [-0.2, -0.15) is 0 Å². The molecular weight excluding hydrogens is 351 g/mol. The highest BCUT2D eigenvalue weighted by Crippen LogP contribution is 2.32. The maximum Gasteiger partial charge on any atom is 0.336 e. The summed E-state index contributed by atoms with van der Waals surface area (Å²) in [7, 11) is 1.33. The molecule has 0 saturated carbocycles. The summed E-state index contributed by atoms with van der Waals surface area (Å²) in [6.45, 7) is 9.25. The highest BCUT2D eigenvalue weighted by atomic mass is 32.1. The third-order valence-corrected chi connectivity index (χ3v) is 4.65. The lowest BCUT2D eigenvalue weighted by atomic mass is 9.92. The molecule has 6 heteroatoms. The number of nitrogens with zero attached hydrogens (tertiary/aromatic N) is 2. The molecule has 0 aliphatic heterocycles. The first kappa shape index (κ1) is 19.7. The number of ether oxygens (including phenoxy) is 1. The highest BCUT2D eigenvalue weighted by molar-refractivity contribution is 7.11. The van der Waals surface area contributed by atoms with Crippen LogP contribution in [0.2, 0.25) is 0 Å². The van der Waals surface area contributed by atoms with Crippen molar-refractivity contribution in [3.05, 3.63) is 75.5 Å². The van der Waals surface area contributed by atoms with Gasteiger partial charge in [-0.15, -0.1) is 11.3 Å². The number of benzene rings is 1. The average molecular weight is 372 g/mol. The Morgan fingerprint density at radius 3 is 2.65 bits per heavy atom. The Balaban J connectivity index is 2.71. The Hall–Kier alpha value is -2.60. The van der Waals surface area contributed by atoms with Crippen LogP contribution < -0.4 is 0 Å². The Labute approximate surface area is 156 Å². The van der Waals surface area contributed by atoms with E-state index >= 15 is 0 Å². The number of aromatic nitrogens is 1. The van der Waals surface area contributed by atoms with Gasteiger partial charge in [0.2, 0.25) is 0 Å². The van der Waals surface area contributed by atoms with Crippen LogP contribution in [-0.2, 0) is 9.53 Å². The van der Waals surface area contributed by atoms with Crippen LogP contribution in [0, 0.1) is 12.7 Å². The van der Waals surface area contributed by atoms with Crippen LogP contribution >= 0.6 is 11.3 Å². The van der Waals surface area contributed by atoms with E-state index in [1.165, 1.54) is 30.6 Å². The third-order valence-electron chi connectivity index (χ3n) is 3.86. The first-order chi connectivity index (χ1) is 12.4. The number of halogens is 1. The van der Waals surface area contributed by atoms with Gasteiger partial charge in [0.05, 0.1) is 18.4 Å². The Morgan fingerprint density at radius 1 is 1.42 bits per heavy atom. The summed E-state index contributed by atoms with van der Waals surface area (Å²) in [5.41, 5.74) is 3.18. The van der Waals surface area contributed by atoms with Crippen molar-refractivity contribution in [2.24, 2.45) is 4.99 Å². The zero-order valence-corrected chi connectivity index (χ0v) is 16.1. The summed E-state index contributed by atoms with van der Waals surface area (Å²) < 4.78 is 18.5. The molecule has 0 amide bonds. The van der Waals surface area contributed by atoms with Crippen molar-refractivity contribution in [1.82, 2.24) is 4.98 Å². The molecule has 136 valence electrons. The second-order valence-corrected chi connectivity index (χ2v) is 6.76. The van der Waals surface area contributed by atoms with Gasteiger partial charge >= 0.3 is 5.97 Å². The number of aryl methyl sites for hydroxylation is 1. The molecule has 0 N–H and O–H groups in total. The molecule has 1 aromatic carbocycles. The van der Waals surface area contributed by atoms with Gasteiger partial charge in [0.1, 0.15) is 16.9 Å². The molecule has 0 aliphatic rings. The van der Waals surface area contributed by atoms with Gasteiger partial charge in [-0.1, -0.05) is 18.2 Å². The van der Waals surface area contributed by atoms with Crippen LogP contribution in [0.15, 0.2) is 58.6 Å². The molecule has 1 aromatic heterocycles. The van der Waals surface area contributed by atoms with Gasteiger partial charge in [-0.25, -0.2) is 14.2 Å². The van der Waals surface area contributed by atoms with E-state index in [-0.39, 0.29) is 5.82 Å². The minimum Gasteiger partial charge on any atom is -0.466 e. The number of methoxy groups -OCH3 is 1. The van der Waals surface area contributed by atoms with Crippen molar-refractivity contribution < 1.29 is 13.9 Å². The molecule has 0 aliphatic carbocycles. The monoisotopic (exact) mass is 372 g/mol. The zero-order chi connectivity index (χ0) is 19.3. The third kappa shape index (κ3) is 4.32. The Morgan fingerprint density at radius 2 is 2.15 bits per heavy atom. The molecule has 1 heterocycles. The van der Waals surface area contributed by atoms with Gasteiger partial charge in [0.15, 0.2) is 0 Å². The average Bonchev–Trinajstić information content (AvgIpc) is 3.12. The fourth-order valence-electron chi connectivity index (χ4n) is 2.62. The van der Waals surface area contributed by atoms with E-state index in [0.717, 1.165) is 11.1 Å². The molecule has 2 rings (SSSR count). The summed E-state index contributed by atoms with van der Waals surface area (Å²) in [5.74, 6) is -0.806. The number of thiazole rings is 1. The molecule has 1 atom stereocenters. The minimum absolute atomic E-state index is 0.338. The van der Waals surface area contributed by atoms with Crippen molar-refractivity contribution in [2.45, 2.75) is 26.8 Å². The molecular formula is C20H21FN2O2S. The first-order valence-electron chi connectivity index (χ1n) is 8.00. The van der Waals surface area contributed by atoms with Crippen molar-refractivity contribution in [1.29, 1.82) is 0 Å². The molecule has 0 spiro atoms. The number of carbonyl (C=O) groups is 1. The fraction of sp³-hybridized carbons (Fsp3) is 0.250. The predicted octanol–water partition coefficient (Wildman–Crippen LogP) is 4.82. The SMILES string of the molecule is C=CC(=N[C@H](C(C(=O)OC)=C(C)C)c1ccc(F)cc1C)c1nccs1. The van der Waals surface area contributed by atoms with Crippen LogP contribution in [0.1, 0.15) is 36.0 Å². The van der Waals surface area contributed by atoms with Gasteiger partial charge in [-0.05, 0) is 50.1 Å². The first-order valence-corrected chi connectivity index (χ1v) is 8.88. The van der Waals surface area contributed by atoms with Gasteiger partial charge in [-0.3, -0.25) is 4.99 Å². The number of hydrogen-bond donors (Lipinski definition) is 0. The van der Waals surface area contributed by atoms with E-state index in [1.54, 1.807) is 25.3 Å². The van der Waals surface area contributed by atoms with E-state index in [4.69, 9.17) is 9.73 Å². The lowest BCUT2D eigenvalue weighted by Crippen LogP contribution is -2.16. The smallest absolute Gasteiger partial charge is 0.336 e. The topological polar surface area (TPSA) is 51.5 Å². The molecule has 0 unspecified atom stereocenters.